The summed E-state index contributed by atoms with van der Waals surface area (Å²) in [4.78, 5) is 5.00. The van der Waals surface area contributed by atoms with E-state index >= 15 is 0 Å². The van der Waals surface area contributed by atoms with Gasteiger partial charge in [-0.3, -0.25) is 9.58 Å². The largest absolute Gasteiger partial charge is 0.308 e. The highest BCUT2D eigenvalue weighted by Crippen LogP contribution is 2.18. The predicted molar refractivity (Wildman–Crippen MR) is 87.5 cm³/mol. The molecule has 0 spiro atoms. The van der Waals surface area contributed by atoms with Crippen molar-refractivity contribution in [2.75, 3.05) is 39.8 Å². The van der Waals surface area contributed by atoms with Gasteiger partial charge in [-0.2, -0.15) is 5.10 Å². The van der Waals surface area contributed by atoms with Crippen LogP contribution < -0.4 is 5.32 Å². The van der Waals surface area contributed by atoms with Gasteiger partial charge in [-0.05, 0) is 34.7 Å². The van der Waals surface area contributed by atoms with Gasteiger partial charge in [0.25, 0.3) is 0 Å². The second-order valence-corrected chi connectivity index (χ2v) is 6.83. The maximum atomic E-state index is 4.36. The molecule has 1 N–H and O–H groups in total. The Kier molecular flexibility index (Phi) is 5.41. The molecule has 1 saturated heterocycles. The van der Waals surface area contributed by atoms with Crippen LogP contribution in [0.1, 0.15) is 39.3 Å². The molecule has 1 unspecified atom stereocenters. The standard InChI is InChI=1S/C16H31N5/c1-6-21-12-15(11-18-21)14(2)17-13-16(3,4)20-9-7-19(5)8-10-20/h11-12,14,17H,6-10,13H2,1-5H3. The topological polar surface area (TPSA) is 36.3 Å². The molecule has 2 heterocycles. The molecule has 5 heteroatoms. The van der Waals surface area contributed by atoms with E-state index in [9.17, 15) is 0 Å². The summed E-state index contributed by atoms with van der Waals surface area (Å²) in [6.07, 6.45) is 4.12. The van der Waals surface area contributed by atoms with Crippen LogP contribution in [-0.4, -0.2) is 64.9 Å². The minimum atomic E-state index is 0.191. The molecule has 5 nitrogen and oxygen atoms in total. The Hall–Kier alpha value is -0.910. The number of hydrogen-bond donors (Lipinski definition) is 1. The third-order valence-electron chi connectivity index (χ3n) is 4.68. The van der Waals surface area contributed by atoms with E-state index in [1.165, 1.54) is 18.7 Å². The van der Waals surface area contributed by atoms with Crippen LogP contribution in [0, 0.1) is 0 Å². The molecule has 0 bridgehead atoms. The average molecular weight is 293 g/mol. The first-order valence-corrected chi connectivity index (χ1v) is 8.11. The molecule has 0 aromatic carbocycles. The van der Waals surface area contributed by atoms with E-state index in [0.717, 1.165) is 26.2 Å². The van der Waals surface area contributed by atoms with Crippen molar-refractivity contribution in [3.05, 3.63) is 18.0 Å². The Morgan fingerprint density at radius 1 is 1.29 bits per heavy atom. The third kappa shape index (κ3) is 4.28. The van der Waals surface area contributed by atoms with Crippen LogP contribution in [-0.2, 0) is 6.54 Å². The monoisotopic (exact) mass is 293 g/mol. The van der Waals surface area contributed by atoms with Crippen molar-refractivity contribution in [3.8, 4) is 0 Å². The van der Waals surface area contributed by atoms with Gasteiger partial charge in [-0.15, -0.1) is 0 Å². The number of nitrogens with one attached hydrogen (secondary N) is 1. The fraction of sp³-hybridized carbons (Fsp3) is 0.812. The summed E-state index contributed by atoms with van der Waals surface area (Å²) < 4.78 is 1.99. The van der Waals surface area contributed by atoms with E-state index in [-0.39, 0.29) is 5.54 Å². The third-order valence-corrected chi connectivity index (χ3v) is 4.68. The first-order valence-electron chi connectivity index (χ1n) is 8.11. The average Bonchev–Trinajstić information content (AvgIpc) is 2.94. The number of piperazine rings is 1. The number of nitrogens with zero attached hydrogens (tertiary/aromatic N) is 4. The van der Waals surface area contributed by atoms with Crippen LogP contribution in [0.15, 0.2) is 12.4 Å². The minimum Gasteiger partial charge on any atom is -0.308 e. The quantitative estimate of drug-likeness (QED) is 0.864. The molecular formula is C16H31N5. The molecule has 120 valence electrons. The van der Waals surface area contributed by atoms with Crippen molar-refractivity contribution < 1.29 is 0 Å². The number of aromatic nitrogens is 2. The number of likely N-dealkylation sites (N-methyl/N-ethyl adjacent to an activating group) is 1. The molecule has 1 aromatic heterocycles. The smallest absolute Gasteiger partial charge is 0.0537 e. The van der Waals surface area contributed by atoms with Crippen LogP contribution in [0.3, 0.4) is 0 Å². The molecule has 1 aromatic rings. The predicted octanol–water partition coefficient (Wildman–Crippen LogP) is 1.58. The highest BCUT2D eigenvalue weighted by atomic mass is 15.3. The number of aryl methyl sites for hydroxylation is 1. The Labute approximate surface area is 129 Å². The van der Waals surface area contributed by atoms with E-state index in [4.69, 9.17) is 0 Å². The molecule has 0 radical (unpaired) electrons. The molecule has 21 heavy (non-hydrogen) atoms. The van der Waals surface area contributed by atoms with Crippen LogP contribution in [0.25, 0.3) is 0 Å². The van der Waals surface area contributed by atoms with Gasteiger partial charge in [-0.25, -0.2) is 0 Å². The summed E-state index contributed by atoms with van der Waals surface area (Å²) in [6.45, 7) is 15.6. The highest BCUT2D eigenvalue weighted by molar-refractivity contribution is 5.09. The lowest BCUT2D eigenvalue weighted by atomic mass is 10.0. The zero-order chi connectivity index (χ0) is 15.5. The fourth-order valence-electron chi connectivity index (χ4n) is 2.82. The maximum absolute atomic E-state index is 4.36. The Morgan fingerprint density at radius 3 is 2.52 bits per heavy atom. The van der Waals surface area contributed by atoms with Gasteiger partial charge in [0.2, 0.25) is 0 Å². The summed E-state index contributed by atoms with van der Waals surface area (Å²) in [5.74, 6) is 0. The summed E-state index contributed by atoms with van der Waals surface area (Å²) >= 11 is 0. The van der Waals surface area contributed by atoms with Gasteiger partial charge in [0.1, 0.15) is 0 Å². The van der Waals surface area contributed by atoms with E-state index in [2.05, 4.69) is 61.2 Å². The molecule has 1 atom stereocenters. The van der Waals surface area contributed by atoms with Gasteiger partial charge in [0.05, 0.1) is 6.20 Å². The van der Waals surface area contributed by atoms with E-state index in [1.54, 1.807) is 0 Å². The van der Waals surface area contributed by atoms with E-state index in [0.29, 0.717) is 6.04 Å². The van der Waals surface area contributed by atoms with Crippen LogP contribution in [0.2, 0.25) is 0 Å². The summed E-state index contributed by atoms with van der Waals surface area (Å²) in [6, 6.07) is 0.344. The first-order chi connectivity index (χ1) is 9.92. The molecule has 2 rings (SSSR count). The van der Waals surface area contributed by atoms with Crippen LogP contribution >= 0.6 is 0 Å². The molecule has 0 amide bonds. The second kappa shape index (κ2) is 6.90. The van der Waals surface area contributed by atoms with Crippen molar-refractivity contribution in [2.45, 2.75) is 45.8 Å². The van der Waals surface area contributed by atoms with Gasteiger partial charge in [0.15, 0.2) is 0 Å². The molecule has 1 aliphatic heterocycles. The van der Waals surface area contributed by atoms with Crippen molar-refractivity contribution in [2.24, 2.45) is 0 Å². The fourth-order valence-corrected chi connectivity index (χ4v) is 2.82. The Morgan fingerprint density at radius 2 is 1.95 bits per heavy atom. The summed E-state index contributed by atoms with van der Waals surface area (Å²) in [5, 5.41) is 8.04. The molecule has 0 aliphatic carbocycles. The lowest BCUT2D eigenvalue weighted by molar-refractivity contribution is 0.0605. The van der Waals surface area contributed by atoms with Crippen molar-refractivity contribution in [3.63, 3.8) is 0 Å². The first kappa shape index (κ1) is 16.5. The summed E-state index contributed by atoms with van der Waals surface area (Å²) in [7, 11) is 2.20. The van der Waals surface area contributed by atoms with E-state index in [1.807, 2.05) is 10.9 Å². The molecule has 1 fully saturated rings. The SMILES string of the molecule is CCn1cc(C(C)NCC(C)(C)N2CCN(C)CC2)cn1. The zero-order valence-corrected chi connectivity index (χ0v) is 14.3. The van der Waals surface area contributed by atoms with Crippen LogP contribution in [0.4, 0.5) is 0 Å². The molecule has 1 aliphatic rings. The van der Waals surface area contributed by atoms with Gasteiger partial charge < -0.3 is 10.2 Å². The van der Waals surface area contributed by atoms with Crippen LogP contribution in [0.5, 0.6) is 0 Å². The lowest BCUT2D eigenvalue weighted by Gasteiger charge is -2.43. The van der Waals surface area contributed by atoms with Crippen molar-refractivity contribution >= 4 is 0 Å². The zero-order valence-electron chi connectivity index (χ0n) is 14.3. The highest BCUT2D eigenvalue weighted by Gasteiger charge is 2.29. The van der Waals surface area contributed by atoms with Gasteiger partial charge >= 0.3 is 0 Å². The Balaban J connectivity index is 1.85. The number of rotatable bonds is 6. The normalized spacial score (nSPS) is 19.9. The van der Waals surface area contributed by atoms with Gasteiger partial charge in [0, 0.05) is 62.6 Å². The van der Waals surface area contributed by atoms with Crippen molar-refractivity contribution in [1.29, 1.82) is 0 Å². The molecular weight excluding hydrogens is 262 g/mol. The van der Waals surface area contributed by atoms with Gasteiger partial charge in [-0.1, -0.05) is 0 Å². The number of hydrogen-bond acceptors (Lipinski definition) is 4. The minimum absolute atomic E-state index is 0.191. The maximum Gasteiger partial charge on any atom is 0.0537 e. The van der Waals surface area contributed by atoms with E-state index < -0.39 is 0 Å². The molecule has 0 saturated carbocycles. The Bertz CT molecular complexity index is 432. The lowest BCUT2D eigenvalue weighted by Crippen LogP contribution is -2.57. The van der Waals surface area contributed by atoms with Crippen molar-refractivity contribution in [1.82, 2.24) is 24.9 Å². The summed E-state index contributed by atoms with van der Waals surface area (Å²) in [5.41, 5.74) is 1.46. The second-order valence-electron chi connectivity index (χ2n) is 6.83.